The van der Waals surface area contributed by atoms with Crippen LogP contribution in [-0.4, -0.2) is 47.8 Å². The van der Waals surface area contributed by atoms with Crippen LogP contribution >= 0.6 is 22.7 Å². The highest BCUT2D eigenvalue weighted by atomic mass is 32.1. The lowest BCUT2D eigenvalue weighted by Crippen LogP contribution is -2.30. The fourth-order valence-corrected chi connectivity index (χ4v) is 6.55. The summed E-state index contributed by atoms with van der Waals surface area (Å²) in [6.07, 6.45) is 6.53. The van der Waals surface area contributed by atoms with Crippen molar-refractivity contribution in [2.75, 3.05) is 26.2 Å². The van der Waals surface area contributed by atoms with E-state index in [-0.39, 0.29) is 0 Å². The first kappa shape index (κ1) is 21.7. The van der Waals surface area contributed by atoms with E-state index in [4.69, 9.17) is 9.97 Å². The van der Waals surface area contributed by atoms with Gasteiger partial charge in [-0.25, -0.2) is 9.97 Å². The van der Waals surface area contributed by atoms with Crippen LogP contribution in [0.3, 0.4) is 0 Å². The van der Waals surface area contributed by atoms with E-state index in [2.05, 4.69) is 57.0 Å². The van der Waals surface area contributed by atoms with Crippen molar-refractivity contribution < 1.29 is 0 Å². The number of aliphatic imine (C=N–C) groups is 2. The second-order valence-corrected chi connectivity index (χ2v) is 11.0. The Kier molecular flexibility index (Phi) is 6.25. The van der Waals surface area contributed by atoms with Gasteiger partial charge in [0.05, 0.1) is 30.4 Å². The molecule has 174 valence electrons. The maximum Gasteiger partial charge on any atom is 0.128 e. The van der Waals surface area contributed by atoms with Crippen LogP contribution in [0.4, 0.5) is 0 Å². The van der Waals surface area contributed by atoms with Crippen LogP contribution in [0.1, 0.15) is 46.8 Å². The predicted octanol–water partition coefficient (Wildman–Crippen LogP) is 4.95. The molecule has 0 bridgehead atoms. The summed E-state index contributed by atoms with van der Waals surface area (Å²) >= 11 is 3.63. The van der Waals surface area contributed by atoms with Crippen LogP contribution in [0.2, 0.25) is 0 Å². The third kappa shape index (κ3) is 4.70. The number of thiazole rings is 2. The molecular weight excluding hydrogens is 460 g/mol. The highest BCUT2D eigenvalue weighted by Gasteiger charge is 2.12. The third-order valence-electron chi connectivity index (χ3n) is 6.24. The number of aromatic nitrogens is 2. The van der Waals surface area contributed by atoms with E-state index in [9.17, 15) is 0 Å². The first-order valence-corrected chi connectivity index (χ1v) is 13.8. The number of unbranched alkanes of at least 4 members (excludes halogenated alkanes) is 1. The first-order valence-electron chi connectivity index (χ1n) is 12.2. The minimum atomic E-state index is 0.913. The lowest BCUT2D eigenvalue weighted by molar-refractivity contribution is 0.730. The zero-order valence-electron chi connectivity index (χ0n) is 19.1. The van der Waals surface area contributed by atoms with E-state index in [0.29, 0.717) is 0 Å². The number of aryl methyl sites for hydroxylation is 2. The average molecular weight is 489 g/mol. The Morgan fingerprint density at radius 1 is 0.676 bits per heavy atom. The Morgan fingerprint density at radius 3 is 1.62 bits per heavy atom. The van der Waals surface area contributed by atoms with Crippen molar-refractivity contribution in [3.63, 3.8) is 0 Å². The van der Waals surface area contributed by atoms with Crippen LogP contribution in [0.15, 0.2) is 46.4 Å². The molecule has 34 heavy (non-hydrogen) atoms. The van der Waals surface area contributed by atoms with Gasteiger partial charge in [-0.2, -0.15) is 0 Å². The summed E-state index contributed by atoms with van der Waals surface area (Å²) in [6, 6.07) is 13.0. The lowest BCUT2D eigenvalue weighted by Gasteiger charge is -2.14. The minimum Gasteiger partial charge on any atom is -0.370 e. The van der Waals surface area contributed by atoms with Gasteiger partial charge in [0, 0.05) is 37.3 Å². The van der Waals surface area contributed by atoms with Crippen LogP contribution in [-0.2, 0) is 12.8 Å². The number of hydrogen-bond donors (Lipinski definition) is 2. The maximum absolute atomic E-state index is 4.86. The van der Waals surface area contributed by atoms with Gasteiger partial charge < -0.3 is 10.6 Å². The molecule has 0 aliphatic carbocycles. The van der Waals surface area contributed by atoms with Gasteiger partial charge in [0.1, 0.15) is 11.7 Å². The van der Waals surface area contributed by atoms with Gasteiger partial charge in [-0.15, -0.1) is 22.7 Å². The highest BCUT2D eigenvalue weighted by molar-refractivity contribution is 7.18. The summed E-state index contributed by atoms with van der Waals surface area (Å²) in [6.45, 7) is 3.84. The molecule has 0 saturated carbocycles. The molecule has 4 heterocycles. The summed E-state index contributed by atoms with van der Waals surface area (Å²) in [5.74, 6) is 2.04. The molecule has 2 N–H and O–H groups in total. The van der Waals surface area contributed by atoms with Crippen molar-refractivity contribution in [2.45, 2.75) is 38.5 Å². The van der Waals surface area contributed by atoms with Crippen LogP contribution in [0.5, 0.6) is 0 Å². The number of hydrogen-bond acceptors (Lipinski definition) is 8. The molecule has 0 amide bonds. The SMILES string of the molecule is c1cc2nc(CCCCc3nc4ccc(C5=NCCCN5)cc4s3)sc2cc1C1=NCCCN1. The van der Waals surface area contributed by atoms with Crippen molar-refractivity contribution >= 4 is 54.8 Å². The van der Waals surface area contributed by atoms with Gasteiger partial charge >= 0.3 is 0 Å². The van der Waals surface area contributed by atoms with Crippen molar-refractivity contribution in [3.8, 4) is 0 Å². The van der Waals surface area contributed by atoms with Crippen LogP contribution in [0, 0.1) is 0 Å². The summed E-state index contributed by atoms with van der Waals surface area (Å²) < 4.78 is 2.50. The number of nitrogens with zero attached hydrogens (tertiary/aromatic N) is 4. The number of fused-ring (bicyclic) bond motifs is 2. The molecule has 6 rings (SSSR count). The quantitative estimate of drug-likeness (QED) is 0.361. The molecule has 0 saturated heterocycles. The zero-order valence-corrected chi connectivity index (χ0v) is 20.8. The van der Waals surface area contributed by atoms with E-state index in [1.54, 1.807) is 0 Å². The molecule has 0 radical (unpaired) electrons. The van der Waals surface area contributed by atoms with Gasteiger partial charge in [-0.05, 0) is 74.9 Å². The van der Waals surface area contributed by atoms with Gasteiger partial charge in [-0.3, -0.25) is 9.98 Å². The first-order chi connectivity index (χ1) is 16.8. The van der Waals surface area contributed by atoms with Gasteiger partial charge in [-0.1, -0.05) is 0 Å². The number of benzene rings is 2. The second kappa shape index (κ2) is 9.80. The van der Waals surface area contributed by atoms with Crippen molar-refractivity contribution in [1.29, 1.82) is 0 Å². The zero-order chi connectivity index (χ0) is 22.7. The molecule has 8 heteroatoms. The number of rotatable bonds is 7. The Bertz CT molecular complexity index is 1280. The fraction of sp³-hybridized carbons (Fsp3) is 0.385. The van der Waals surface area contributed by atoms with Crippen LogP contribution in [0.25, 0.3) is 20.4 Å². The normalized spacial score (nSPS) is 16.2. The van der Waals surface area contributed by atoms with E-state index < -0.39 is 0 Å². The van der Waals surface area contributed by atoms with Gasteiger partial charge in [0.15, 0.2) is 0 Å². The standard InChI is InChI=1S/C26H28N6S2/c1(5-23-31-19-9-7-17(15-21(19)33-23)25-27-11-3-12-28-25)2-6-24-32-20-10-8-18(16-22(20)34-24)26-29-13-4-14-30-26/h7-10,15-16H,1-6,11-14H2,(H,27,28)(H,29,30). The maximum atomic E-state index is 4.86. The van der Waals surface area contributed by atoms with E-state index in [1.165, 1.54) is 30.5 Å². The topological polar surface area (TPSA) is 74.6 Å². The fourth-order valence-electron chi connectivity index (χ4n) is 4.46. The molecule has 2 aliphatic rings. The summed E-state index contributed by atoms with van der Waals surface area (Å²) in [5.41, 5.74) is 4.54. The molecule has 0 spiro atoms. The third-order valence-corrected chi connectivity index (χ3v) is 8.39. The van der Waals surface area contributed by atoms with Crippen LogP contribution < -0.4 is 10.6 Å². The molecule has 2 aliphatic heterocycles. The summed E-state index contributed by atoms with van der Waals surface area (Å²) in [4.78, 5) is 19.0. The lowest BCUT2D eigenvalue weighted by atomic mass is 10.1. The van der Waals surface area contributed by atoms with E-state index in [1.807, 2.05) is 22.7 Å². The van der Waals surface area contributed by atoms with Gasteiger partial charge in [0.2, 0.25) is 0 Å². The molecular formula is C26H28N6S2. The number of nitrogens with one attached hydrogen (secondary N) is 2. The van der Waals surface area contributed by atoms with Gasteiger partial charge in [0.25, 0.3) is 0 Å². The smallest absolute Gasteiger partial charge is 0.128 e. The average Bonchev–Trinajstić information content (AvgIpc) is 3.50. The molecule has 2 aromatic heterocycles. The Labute approximate surface area is 207 Å². The molecule has 2 aromatic carbocycles. The molecule has 6 nitrogen and oxygen atoms in total. The highest BCUT2D eigenvalue weighted by Crippen LogP contribution is 2.27. The van der Waals surface area contributed by atoms with Crippen molar-refractivity contribution in [3.05, 3.63) is 57.5 Å². The predicted molar refractivity (Wildman–Crippen MR) is 144 cm³/mol. The van der Waals surface area contributed by atoms with E-state index in [0.717, 1.165) is 87.4 Å². The summed E-state index contributed by atoms with van der Waals surface area (Å²) in [5, 5.41) is 9.27. The van der Waals surface area contributed by atoms with Crippen molar-refractivity contribution in [2.24, 2.45) is 9.98 Å². The molecule has 0 fully saturated rings. The Balaban J connectivity index is 1.06. The summed E-state index contributed by atoms with van der Waals surface area (Å²) in [7, 11) is 0. The van der Waals surface area contributed by atoms with Crippen molar-refractivity contribution in [1.82, 2.24) is 20.6 Å². The Morgan fingerprint density at radius 2 is 1.18 bits per heavy atom. The molecule has 0 unspecified atom stereocenters. The second-order valence-electron chi connectivity index (χ2n) is 8.81. The largest absolute Gasteiger partial charge is 0.370 e. The monoisotopic (exact) mass is 488 g/mol. The minimum absolute atomic E-state index is 0.913. The molecule has 0 atom stereocenters. The molecule has 4 aromatic rings. The Hall–Kier alpha value is -2.84. The van der Waals surface area contributed by atoms with E-state index >= 15 is 0 Å². The number of amidine groups is 2.